The van der Waals surface area contributed by atoms with Crippen molar-refractivity contribution in [1.82, 2.24) is 5.32 Å². The van der Waals surface area contributed by atoms with Gasteiger partial charge in [0.2, 0.25) is 0 Å². The topological polar surface area (TPSA) is 72.2 Å². The number of urea groups is 1. The molecule has 1 aromatic carbocycles. The predicted molar refractivity (Wildman–Crippen MR) is 59.8 cm³/mol. The Hall–Kier alpha value is -1.84. The SMILES string of the molecule is CC(=O)c1ccccc1C.CNC(N)=O. The highest BCUT2D eigenvalue weighted by molar-refractivity contribution is 5.95. The second kappa shape index (κ2) is 6.59. The summed E-state index contributed by atoms with van der Waals surface area (Å²) in [5.41, 5.74) is 6.41. The smallest absolute Gasteiger partial charge is 0.311 e. The fraction of sp³-hybridized carbons (Fsp3) is 0.273. The summed E-state index contributed by atoms with van der Waals surface area (Å²) in [6.45, 7) is 3.53. The van der Waals surface area contributed by atoms with Crippen molar-refractivity contribution in [3.63, 3.8) is 0 Å². The van der Waals surface area contributed by atoms with Gasteiger partial charge in [0.05, 0.1) is 0 Å². The van der Waals surface area contributed by atoms with Gasteiger partial charge >= 0.3 is 6.03 Å². The first-order valence-corrected chi connectivity index (χ1v) is 4.52. The number of carbonyl (C=O) groups is 2. The number of aryl methyl sites for hydroxylation is 1. The number of hydrogen-bond acceptors (Lipinski definition) is 2. The Morgan fingerprint density at radius 1 is 1.27 bits per heavy atom. The van der Waals surface area contributed by atoms with Crippen LogP contribution in [0.15, 0.2) is 24.3 Å². The van der Waals surface area contributed by atoms with Crippen molar-refractivity contribution in [3.05, 3.63) is 35.4 Å². The molecule has 0 aliphatic rings. The largest absolute Gasteiger partial charge is 0.352 e. The van der Waals surface area contributed by atoms with Gasteiger partial charge in [-0.1, -0.05) is 24.3 Å². The van der Waals surface area contributed by atoms with Crippen molar-refractivity contribution in [1.29, 1.82) is 0 Å². The van der Waals surface area contributed by atoms with Crippen molar-refractivity contribution in [2.45, 2.75) is 13.8 Å². The molecule has 82 valence electrons. The molecule has 0 fully saturated rings. The van der Waals surface area contributed by atoms with E-state index in [1.165, 1.54) is 7.05 Å². The molecule has 0 atom stereocenters. The lowest BCUT2D eigenvalue weighted by atomic mass is 10.1. The molecular weight excluding hydrogens is 192 g/mol. The zero-order chi connectivity index (χ0) is 11.8. The minimum atomic E-state index is -0.495. The number of primary amides is 1. The first kappa shape index (κ1) is 13.2. The highest BCUT2D eigenvalue weighted by atomic mass is 16.2. The number of nitrogens with one attached hydrogen (secondary N) is 1. The fourth-order valence-electron chi connectivity index (χ4n) is 0.968. The number of hydrogen-bond donors (Lipinski definition) is 2. The van der Waals surface area contributed by atoms with Gasteiger partial charge < -0.3 is 11.1 Å². The van der Waals surface area contributed by atoms with Crippen LogP contribution in [0.3, 0.4) is 0 Å². The third-order valence-corrected chi connectivity index (χ3v) is 1.77. The lowest BCUT2D eigenvalue weighted by Crippen LogP contribution is -2.24. The summed E-state index contributed by atoms with van der Waals surface area (Å²) < 4.78 is 0. The van der Waals surface area contributed by atoms with E-state index in [1.54, 1.807) is 6.92 Å². The van der Waals surface area contributed by atoms with E-state index >= 15 is 0 Å². The zero-order valence-electron chi connectivity index (χ0n) is 9.20. The molecule has 0 aliphatic carbocycles. The summed E-state index contributed by atoms with van der Waals surface area (Å²) in [5.74, 6) is 0.137. The Kier molecular flexibility index (Phi) is 5.78. The van der Waals surface area contributed by atoms with Crippen molar-refractivity contribution in [2.24, 2.45) is 5.73 Å². The van der Waals surface area contributed by atoms with Crippen LogP contribution >= 0.6 is 0 Å². The highest BCUT2D eigenvalue weighted by Crippen LogP contribution is 2.06. The molecule has 1 rings (SSSR count). The molecule has 0 aromatic heterocycles. The standard InChI is InChI=1S/C9H10O.C2H6N2O/c1-7-5-3-4-6-9(7)8(2)10;1-4-2(3)5/h3-6H,1-2H3;1H3,(H3,3,4,5). The molecular formula is C11H16N2O2. The van der Waals surface area contributed by atoms with Crippen LogP contribution in [-0.2, 0) is 0 Å². The van der Waals surface area contributed by atoms with Gasteiger partial charge in [-0.05, 0) is 19.4 Å². The normalized spacial score (nSPS) is 8.47. The minimum Gasteiger partial charge on any atom is -0.352 e. The molecule has 0 heterocycles. The first-order valence-electron chi connectivity index (χ1n) is 4.52. The number of rotatable bonds is 1. The molecule has 0 bridgehead atoms. The summed E-state index contributed by atoms with van der Waals surface area (Å²) >= 11 is 0. The quantitative estimate of drug-likeness (QED) is 0.686. The molecule has 0 spiro atoms. The maximum absolute atomic E-state index is 10.9. The molecule has 0 unspecified atom stereocenters. The molecule has 3 N–H and O–H groups in total. The molecule has 4 nitrogen and oxygen atoms in total. The Labute approximate surface area is 89.5 Å². The highest BCUT2D eigenvalue weighted by Gasteiger charge is 1.99. The Balaban J connectivity index is 0.000000336. The third-order valence-electron chi connectivity index (χ3n) is 1.77. The van der Waals surface area contributed by atoms with E-state index in [-0.39, 0.29) is 5.78 Å². The number of nitrogens with two attached hydrogens (primary N) is 1. The van der Waals surface area contributed by atoms with Gasteiger partial charge in [-0.25, -0.2) is 4.79 Å². The lowest BCUT2D eigenvalue weighted by Gasteiger charge is -1.97. The molecule has 0 radical (unpaired) electrons. The minimum absolute atomic E-state index is 0.137. The summed E-state index contributed by atoms with van der Waals surface area (Å²) in [6, 6.07) is 7.10. The van der Waals surface area contributed by atoms with Crippen LogP contribution in [0, 0.1) is 6.92 Å². The molecule has 0 saturated heterocycles. The molecule has 0 saturated carbocycles. The maximum atomic E-state index is 10.9. The molecule has 1 aromatic rings. The van der Waals surface area contributed by atoms with E-state index in [9.17, 15) is 9.59 Å². The summed E-state index contributed by atoms with van der Waals surface area (Å²) in [7, 11) is 1.47. The van der Waals surface area contributed by atoms with Gasteiger partial charge in [0.1, 0.15) is 0 Å². The van der Waals surface area contributed by atoms with E-state index in [2.05, 4.69) is 11.1 Å². The van der Waals surface area contributed by atoms with Gasteiger partial charge in [0, 0.05) is 12.6 Å². The number of carbonyl (C=O) groups excluding carboxylic acids is 2. The monoisotopic (exact) mass is 208 g/mol. The van der Waals surface area contributed by atoms with Crippen molar-refractivity contribution < 1.29 is 9.59 Å². The van der Waals surface area contributed by atoms with Gasteiger partial charge in [-0.3, -0.25) is 4.79 Å². The molecule has 15 heavy (non-hydrogen) atoms. The van der Waals surface area contributed by atoms with E-state index in [0.29, 0.717) is 0 Å². The van der Waals surface area contributed by atoms with Crippen molar-refractivity contribution in [3.8, 4) is 0 Å². The number of benzene rings is 1. The van der Waals surface area contributed by atoms with E-state index in [4.69, 9.17) is 0 Å². The summed E-state index contributed by atoms with van der Waals surface area (Å²) in [5, 5.41) is 2.17. The number of amides is 2. The van der Waals surface area contributed by atoms with Gasteiger partial charge in [0.15, 0.2) is 5.78 Å². The lowest BCUT2D eigenvalue weighted by molar-refractivity contribution is 0.101. The van der Waals surface area contributed by atoms with Gasteiger partial charge in [0.25, 0.3) is 0 Å². The second-order valence-corrected chi connectivity index (χ2v) is 2.99. The summed E-state index contributed by atoms with van der Waals surface area (Å²) in [4.78, 5) is 20.3. The maximum Gasteiger partial charge on any atom is 0.311 e. The average molecular weight is 208 g/mol. The Bertz CT molecular complexity index is 348. The Morgan fingerprint density at radius 3 is 2.00 bits per heavy atom. The van der Waals surface area contributed by atoms with Gasteiger partial charge in [-0.2, -0.15) is 0 Å². The second-order valence-electron chi connectivity index (χ2n) is 2.99. The van der Waals surface area contributed by atoms with Crippen molar-refractivity contribution >= 4 is 11.8 Å². The fourth-order valence-corrected chi connectivity index (χ4v) is 0.968. The predicted octanol–water partition coefficient (Wildman–Crippen LogP) is 1.48. The average Bonchev–Trinajstić information content (AvgIpc) is 2.19. The van der Waals surface area contributed by atoms with Crippen LogP contribution in [0.5, 0.6) is 0 Å². The summed E-state index contributed by atoms with van der Waals surface area (Å²) in [6.07, 6.45) is 0. The van der Waals surface area contributed by atoms with Crippen LogP contribution in [0.25, 0.3) is 0 Å². The zero-order valence-corrected chi connectivity index (χ0v) is 9.20. The molecule has 4 heteroatoms. The molecule has 2 amide bonds. The van der Waals surface area contributed by atoms with E-state index in [0.717, 1.165) is 11.1 Å². The number of Topliss-reactive ketones (excluding diaryl/α,β-unsaturated/α-hetero) is 1. The van der Waals surface area contributed by atoms with Crippen LogP contribution < -0.4 is 11.1 Å². The van der Waals surface area contributed by atoms with Crippen molar-refractivity contribution in [2.75, 3.05) is 7.05 Å². The Morgan fingerprint density at radius 2 is 1.73 bits per heavy atom. The third kappa shape index (κ3) is 5.46. The van der Waals surface area contributed by atoms with Crippen LogP contribution in [0.2, 0.25) is 0 Å². The number of ketones is 1. The van der Waals surface area contributed by atoms with Crippen LogP contribution in [0.1, 0.15) is 22.8 Å². The van der Waals surface area contributed by atoms with Gasteiger partial charge in [-0.15, -0.1) is 0 Å². The van der Waals surface area contributed by atoms with Crippen LogP contribution in [0.4, 0.5) is 4.79 Å². The molecule has 0 aliphatic heterocycles. The van der Waals surface area contributed by atoms with Crippen LogP contribution in [-0.4, -0.2) is 18.9 Å². The van der Waals surface area contributed by atoms with E-state index < -0.39 is 6.03 Å². The van der Waals surface area contributed by atoms with E-state index in [1.807, 2.05) is 31.2 Å². The first-order chi connectivity index (χ1) is 6.99.